The maximum Gasteiger partial charge on any atom is 0.251 e. The molecule has 1 aromatic rings. The number of aliphatic hydroxyl groups is 1. The Kier molecular flexibility index (Phi) is 10.4. The van der Waals surface area contributed by atoms with Crippen molar-refractivity contribution in [3.8, 4) is 0 Å². The van der Waals surface area contributed by atoms with E-state index in [4.69, 9.17) is 0 Å². The Labute approximate surface area is 263 Å². The van der Waals surface area contributed by atoms with Gasteiger partial charge in [0, 0.05) is 35.4 Å². The SMILES string of the molecule is C=CCN(CCC)C(=O)[C@H]1[C@H]2C(=O)N([C@@H](CO)[C@@H](C)CC)C(C(=O)N(CC=C)c3c(C)cccc3C)C23CC(Br)[C@@H]1S3. The van der Waals surface area contributed by atoms with E-state index in [9.17, 15) is 14.7 Å². The first-order valence-electron chi connectivity index (χ1n) is 15.2. The fourth-order valence-electron chi connectivity index (χ4n) is 7.53. The molecule has 3 aliphatic rings. The number of hydrogen-bond donors (Lipinski definition) is 1. The number of likely N-dealkylation sites (tertiary alicyclic amines) is 1. The van der Waals surface area contributed by atoms with Crippen molar-refractivity contribution < 1.29 is 19.5 Å². The Balaban J connectivity index is 1.90. The zero-order valence-electron chi connectivity index (χ0n) is 25.6. The van der Waals surface area contributed by atoms with E-state index in [1.54, 1.807) is 38.6 Å². The minimum absolute atomic E-state index is 0.0211. The van der Waals surface area contributed by atoms with Gasteiger partial charge in [0.2, 0.25) is 11.8 Å². The Morgan fingerprint density at radius 2 is 1.83 bits per heavy atom. The molecule has 3 aliphatic heterocycles. The van der Waals surface area contributed by atoms with Crippen molar-refractivity contribution in [3.63, 3.8) is 0 Å². The van der Waals surface area contributed by atoms with Crippen LogP contribution >= 0.6 is 27.7 Å². The van der Waals surface area contributed by atoms with Crippen LogP contribution in [-0.2, 0) is 14.4 Å². The van der Waals surface area contributed by atoms with E-state index in [0.29, 0.717) is 19.5 Å². The molecule has 3 saturated heterocycles. The molecule has 8 atom stereocenters. The summed E-state index contributed by atoms with van der Waals surface area (Å²) in [5, 5.41) is 10.6. The van der Waals surface area contributed by atoms with Crippen LogP contribution in [0, 0.1) is 31.6 Å². The smallest absolute Gasteiger partial charge is 0.251 e. The molecular weight excluding hydrogens is 614 g/mol. The number of alkyl halides is 1. The number of aryl methyl sites for hydroxylation is 2. The number of rotatable bonds is 13. The van der Waals surface area contributed by atoms with Crippen LogP contribution in [0.4, 0.5) is 5.69 Å². The van der Waals surface area contributed by atoms with Gasteiger partial charge in [-0.1, -0.05) is 73.5 Å². The predicted molar refractivity (Wildman–Crippen MR) is 175 cm³/mol. The van der Waals surface area contributed by atoms with Gasteiger partial charge in [-0.25, -0.2) is 0 Å². The zero-order valence-corrected chi connectivity index (χ0v) is 28.0. The van der Waals surface area contributed by atoms with Crippen molar-refractivity contribution in [1.29, 1.82) is 0 Å². The van der Waals surface area contributed by atoms with Crippen molar-refractivity contribution in [3.05, 3.63) is 54.6 Å². The monoisotopic (exact) mass is 659 g/mol. The Hall–Kier alpha value is -2.10. The van der Waals surface area contributed by atoms with Gasteiger partial charge in [0.05, 0.1) is 29.2 Å². The average molecular weight is 661 g/mol. The highest BCUT2D eigenvalue weighted by molar-refractivity contribution is 9.09. The summed E-state index contributed by atoms with van der Waals surface area (Å²) < 4.78 is -0.795. The van der Waals surface area contributed by atoms with Crippen LogP contribution < -0.4 is 4.90 Å². The van der Waals surface area contributed by atoms with Crippen molar-refractivity contribution in [2.45, 2.75) is 80.8 Å². The van der Waals surface area contributed by atoms with Gasteiger partial charge >= 0.3 is 0 Å². The summed E-state index contributed by atoms with van der Waals surface area (Å²) in [5.74, 6) is -1.65. The van der Waals surface area contributed by atoms with E-state index in [0.717, 1.165) is 29.7 Å². The summed E-state index contributed by atoms with van der Waals surface area (Å²) >= 11 is 5.52. The third kappa shape index (κ3) is 5.28. The molecule has 3 amide bonds. The summed E-state index contributed by atoms with van der Waals surface area (Å²) in [5.41, 5.74) is 2.75. The lowest BCUT2D eigenvalue weighted by atomic mass is 9.70. The molecule has 0 saturated carbocycles. The number of aliphatic hydroxyl groups excluding tert-OH is 1. The van der Waals surface area contributed by atoms with E-state index < -0.39 is 28.7 Å². The lowest BCUT2D eigenvalue weighted by molar-refractivity contribution is -0.146. The Morgan fingerprint density at radius 1 is 1.19 bits per heavy atom. The van der Waals surface area contributed by atoms with Crippen molar-refractivity contribution in [2.24, 2.45) is 17.8 Å². The lowest BCUT2D eigenvalue weighted by Gasteiger charge is -2.41. The number of benzene rings is 1. The number of nitrogens with zero attached hydrogens (tertiary/aromatic N) is 3. The normalized spacial score (nSPS) is 29.3. The number of carbonyl (C=O) groups is 3. The molecular formula is C33H46BrN3O4S. The summed E-state index contributed by atoms with van der Waals surface area (Å²) in [6, 6.07) is 4.58. The summed E-state index contributed by atoms with van der Waals surface area (Å²) in [6.07, 6.45) is 5.58. The van der Waals surface area contributed by atoms with Gasteiger partial charge in [0.1, 0.15) is 6.04 Å². The molecule has 42 heavy (non-hydrogen) atoms. The van der Waals surface area contributed by atoms with E-state index in [-0.39, 0.29) is 46.9 Å². The summed E-state index contributed by atoms with van der Waals surface area (Å²) in [6.45, 7) is 18.9. The topological polar surface area (TPSA) is 81.2 Å². The molecule has 4 rings (SSSR count). The number of anilines is 1. The van der Waals surface area contributed by atoms with E-state index in [2.05, 4.69) is 29.1 Å². The molecule has 0 radical (unpaired) electrons. The Bertz CT molecular complexity index is 1210. The second-order valence-corrected chi connectivity index (χ2v) is 14.8. The number of hydrogen-bond acceptors (Lipinski definition) is 5. The fourth-order valence-corrected chi connectivity index (χ4v) is 11.1. The van der Waals surface area contributed by atoms with Crippen LogP contribution in [-0.4, -0.2) is 85.8 Å². The second-order valence-electron chi connectivity index (χ2n) is 12.1. The maximum atomic E-state index is 15.0. The number of fused-ring (bicyclic) bond motifs is 1. The second kappa shape index (κ2) is 13.3. The van der Waals surface area contributed by atoms with Gasteiger partial charge in [-0.15, -0.1) is 24.9 Å². The molecule has 3 unspecified atom stereocenters. The highest BCUT2D eigenvalue weighted by Gasteiger charge is 2.76. The first-order valence-corrected chi connectivity index (χ1v) is 17.0. The van der Waals surface area contributed by atoms with Gasteiger partial charge < -0.3 is 19.8 Å². The van der Waals surface area contributed by atoms with Crippen LogP contribution in [0.2, 0.25) is 0 Å². The van der Waals surface area contributed by atoms with Crippen LogP contribution in [0.25, 0.3) is 0 Å². The molecule has 7 nitrogen and oxygen atoms in total. The van der Waals surface area contributed by atoms with E-state index in [1.807, 2.05) is 52.8 Å². The molecule has 3 heterocycles. The Morgan fingerprint density at radius 3 is 2.38 bits per heavy atom. The largest absolute Gasteiger partial charge is 0.394 e. The fraction of sp³-hybridized carbons (Fsp3) is 0.606. The lowest BCUT2D eigenvalue weighted by Crippen LogP contribution is -2.59. The van der Waals surface area contributed by atoms with Crippen molar-refractivity contribution in [2.75, 3.05) is 31.1 Å². The van der Waals surface area contributed by atoms with Crippen LogP contribution in [0.5, 0.6) is 0 Å². The molecule has 1 spiro atoms. The van der Waals surface area contributed by atoms with Crippen molar-refractivity contribution >= 4 is 51.1 Å². The van der Waals surface area contributed by atoms with Gasteiger partial charge in [0.25, 0.3) is 5.91 Å². The first-order chi connectivity index (χ1) is 20.0. The third-order valence-electron chi connectivity index (χ3n) is 9.53. The molecule has 1 aromatic carbocycles. The van der Waals surface area contributed by atoms with Crippen molar-refractivity contribution in [1.82, 2.24) is 9.80 Å². The highest BCUT2D eigenvalue weighted by atomic mass is 79.9. The molecule has 9 heteroatoms. The molecule has 2 bridgehead atoms. The number of halogens is 1. The van der Waals surface area contributed by atoms with E-state index >= 15 is 4.79 Å². The molecule has 230 valence electrons. The van der Waals surface area contributed by atoms with E-state index in [1.165, 1.54) is 0 Å². The predicted octanol–water partition coefficient (Wildman–Crippen LogP) is 5.12. The zero-order chi connectivity index (χ0) is 30.9. The third-order valence-corrected chi connectivity index (χ3v) is 12.8. The summed E-state index contributed by atoms with van der Waals surface area (Å²) in [7, 11) is 0. The average Bonchev–Trinajstić information content (AvgIpc) is 3.55. The summed E-state index contributed by atoms with van der Waals surface area (Å²) in [4.78, 5) is 49.2. The minimum atomic E-state index is -0.827. The number of para-hydroxylation sites is 1. The quantitative estimate of drug-likeness (QED) is 0.235. The van der Waals surface area contributed by atoms with Gasteiger partial charge in [-0.05, 0) is 43.7 Å². The van der Waals surface area contributed by atoms with Gasteiger partial charge in [0.15, 0.2) is 0 Å². The van der Waals surface area contributed by atoms with Crippen LogP contribution in [0.3, 0.4) is 0 Å². The molecule has 0 aromatic heterocycles. The highest BCUT2D eigenvalue weighted by Crippen LogP contribution is 2.68. The molecule has 3 fully saturated rings. The number of carbonyl (C=O) groups excluding carboxylic acids is 3. The number of thioether (sulfide) groups is 1. The maximum absolute atomic E-state index is 15.0. The van der Waals surface area contributed by atoms with Crippen LogP contribution in [0.15, 0.2) is 43.5 Å². The standard InChI is InChI=1S/C33H46BrN3O4S/c1-8-15-35(16-9-2)30(39)25-26-31(40)37(24(19-38)20(5)11-4)29(33(26)18-23(34)28(25)42-33)32(41)36(17-10-3)27-21(6)13-12-14-22(27)7/h8,10,12-14,20,23-26,28-29,38H,1,3,9,11,15-19H2,2,4-7H3/t20-,23?,24-,25-,26-,28-,29?,33?/m0/s1. The van der Waals surface area contributed by atoms with Crippen LogP contribution in [0.1, 0.15) is 51.2 Å². The number of amides is 3. The molecule has 0 aliphatic carbocycles. The first kappa shape index (κ1) is 32.8. The van der Waals surface area contributed by atoms with Gasteiger partial charge in [-0.2, -0.15) is 0 Å². The van der Waals surface area contributed by atoms with Gasteiger partial charge in [-0.3, -0.25) is 14.4 Å². The minimum Gasteiger partial charge on any atom is -0.394 e. The molecule has 1 N–H and O–H groups in total.